The van der Waals surface area contributed by atoms with Crippen molar-refractivity contribution in [1.29, 1.82) is 0 Å². The molecule has 0 saturated carbocycles. The number of benzene rings is 1. The first-order chi connectivity index (χ1) is 9.13. The van der Waals surface area contributed by atoms with E-state index in [1.807, 2.05) is 0 Å². The highest BCUT2D eigenvalue weighted by Gasteiger charge is 2.28. The Morgan fingerprint density at radius 3 is 3.00 bits per heavy atom. The normalized spacial score (nSPS) is 19.5. The van der Waals surface area contributed by atoms with E-state index in [0.29, 0.717) is 11.6 Å². The molecule has 0 aromatic heterocycles. The molecule has 0 radical (unpaired) electrons. The lowest BCUT2D eigenvalue weighted by Crippen LogP contribution is -2.44. The molecule has 1 amide bonds. The van der Waals surface area contributed by atoms with Gasteiger partial charge < -0.3 is 4.90 Å². The summed E-state index contributed by atoms with van der Waals surface area (Å²) in [4.78, 5) is 14.3. The van der Waals surface area contributed by atoms with Gasteiger partial charge in [-0.25, -0.2) is 4.39 Å². The van der Waals surface area contributed by atoms with Gasteiger partial charge in [-0.3, -0.25) is 4.79 Å². The van der Waals surface area contributed by atoms with E-state index in [1.54, 1.807) is 4.90 Å². The topological polar surface area (TPSA) is 20.3 Å². The van der Waals surface area contributed by atoms with Crippen molar-refractivity contribution in [2.75, 3.05) is 11.9 Å². The molecule has 5 heteroatoms. The molecule has 1 aromatic rings. The summed E-state index contributed by atoms with van der Waals surface area (Å²) in [5.41, 5.74) is 0.0778. The zero-order valence-corrected chi connectivity index (χ0v) is 12.9. The van der Waals surface area contributed by atoms with Gasteiger partial charge in [0, 0.05) is 22.9 Å². The summed E-state index contributed by atoms with van der Waals surface area (Å²) in [5, 5.41) is 1.23. The number of carbonyl (C=O) groups excluding carboxylic acids is 1. The average molecular weight is 349 g/mol. The second-order valence-electron chi connectivity index (χ2n) is 4.75. The van der Waals surface area contributed by atoms with Crippen LogP contribution in [0.2, 0.25) is 5.02 Å². The Morgan fingerprint density at radius 1 is 1.47 bits per heavy atom. The molecule has 2 rings (SSSR count). The van der Waals surface area contributed by atoms with E-state index in [0.717, 1.165) is 31.0 Å². The summed E-state index contributed by atoms with van der Waals surface area (Å²) in [7, 11) is 0. The van der Waals surface area contributed by atoms with Crippen LogP contribution in [0.1, 0.15) is 36.0 Å². The van der Waals surface area contributed by atoms with Crippen LogP contribution in [-0.2, 0) is 0 Å². The Labute approximate surface area is 126 Å². The second-order valence-corrected chi connectivity index (χ2v) is 5.98. The minimum Gasteiger partial charge on any atom is -0.336 e. The van der Waals surface area contributed by atoms with Crippen LogP contribution in [0.5, 0.6) is 0 Å². The number of amides is 1. The van der Waals surface area contributed by atoms with Crippen LogP contribution in [0, 0.1) is 5.82 Å². The van der Waals surface area contributed by atoms with E-state index in [4.69, 9.17) is 11.6 Å². The van der Waals surface area contributed by atoms with Crippen LogP contribution < -0.4 is 0 Å². The van der Waals surface area contributed by atoms with Crippen LogP contribution >= 0.6 is 27.5 Å². The van der Waals surface area contributed by atoms with Gasteiger partial charge in [-0.2, -0.15) is 0 Å². The van der Waals surface area contributed by atoms with Gasteiger partial charge in [0.2, 0.25) is 0 Å². The molecule has 0 bridgehead atoms. The molecule has 1 aromatic carbocycles. The lowest BCUT2D eigenvalue weighted by Gasteiger charge is -2.35. The minimum absolute atomic E-state index is 0.0778. The quantitative estimate of drug-likeness (QED) is 0.747. The number of carbonyl (C=O) groups is 1. The summed E-state index contributed by atoms with van der Waals surface area (Å²) >= 11 is 9.26. The molecule has 1 aliphatic rings. The maximum atomic E-state index is 13.8. The first kappa shape index (κ1) is 14.8. The van der Waals surface area contributed by atoms with Crippen LogP contribution in [0.4, 0.5) is 4.39 Å². The number of nitrogens with zero attached hydrogens (tertiary/aromatic N) is 1. The molecule has 0 aliphatic carbocycles. The Bertz CT molecular complexity index is 467. The lowest BCUT2D eigenvalue weighted by atomic mass is 9.99. The number of halogens is 3. The highest BCUT2D eigenvalue weighted by Crippen LogP contribution is 2.24. The summed E-state index contributed by atoms with van der Waals surface area (Å²) in [6.45, 7) is 0.697. The van der Waals surface area contributed by atoms with Crippen molar-refractivity contribution in [1.82, 2.24) is 4.90 Å². The summed E-state index contributed by atoms with van der Waals surface area (Å²) < 4.78 is 13.8. The van der Waals surface area contributed by atoms with Gasteiger partial charge in [0.1, 0.15) is 5.82 Å². The Balaban J connectivity index is 2.23. The van der Waals surface area contributed by atoms with Gasteiger partial charge in [0.05, 0.1) is 5.56 Å². The third-order valence-corrected chi connectivity index (χ3v) is 4.18. The first-order valence-corrected chi connectivity index (χ1v) is 7.95. The van der Waals surface area contributed by atoms with E-state index in [-0.39, 0.29) is 17.5 Å². The molecule has 0 spiro atoms. The minimum atomic E-state index is -0.502. The third-order valence-electron chi connectivity index (χ3n) is 3.49. The predicted molar refractivity (Wildman–Crippen MR) is 78.5 cm³/mol. The van der Waals surface area contributed by atoms with Crippen LogP contribution in [0.3, 0.4) is 0 Å². The van der Waals surface area contributed by atoms with Crippen LogP contribution in [-0.4, -0.2) is 28.7 Å². The maximum Gasteiger partial charge on any atom is 0.257 e. The van der Waals surface area contributed by atoms with E-state index >= 15 is 0 Å². The zero-order chi connectivity index (χ0) is 13.8. The predicted octanol–water partition coefficient (Wildman–Crippen LogP) is 4.26. The zero-order valence-electron chi connectivity index (χ0n) is 10.5. The standard InChI is InChI=1S/C14H16BrClFNO/c15-7-6-11-3-1-2-8-18(11)14(19)12-9-10(16)4-5-13(12)17/h4-5,9,11H,1-3,6-8H2. The van der Waals surface area contributed by atoms with Crippen molar-refractivity contribution in [3.63, 3.8) is 0 Å². The molecule has 0 N–H and O–H groups in total. The molecular formula is C14H16BrClFNO. The van der Waals surface area contributed by atoms with Crippen molar-refractivity contribution in [3.8, 4) is 0 Å². The SMILES string of the molecule is O=C(c1cc(Cl)ccc1F)N1CCCCC1CCBr. The van der Waals surface area contributed by atoms with E-state index in [2.05, 4.69) is 15.9 Å². The van der Waals surface area contributed by atoms with E-state index in [1.165, 1.54) is 18.2 Å². The molecule has 1 unspecified atom stereocenters. The van der Waals surface area contributed by atoms with Gasteiger partial charge in [-0.15, -0.1) is 0 Å². The Hall–Kier alpha value is -0.610. The molecule has 1 atom stereocenters. The van der Waals surface area contributed by atoms with Crippen LogP contribution in [0.25, 0.3) is 0 Å². The van der Waals surface area contributed by atoms with Crippen molar-refractivity contribution >= 4 is 33.4 Å². The van der Waals surface area contributed by atoms with Crippen molar-refractivity contribution < 1.29 is 9.18 Å². The number of hydrogen-bond acceptors (Lipinski definition) is 1. The number of alkyl halides is 1. The summed E-state index contributed by atoms with van der Waals surface area (Å²) in [6.07, 6.45) is 3.99. The molecule has 2 nitrogen and oxygen atoms in total. The third kappa shape index (κ3) is 3.48. The van der Waals surface area contributed by atoms with Gasteiger partial charge in [0.25, 0.3) is 5.91 Å². The van der Waals surface area contributed by atoms with E-state index < -0.39 is 5.82 Å². The van der Waals surface area contributed by atoms with Crippen LogP contribution in [0.15, 0.2) is 18.2 Å². The smallest absolute Gasteiger partial charge is 0.257 e. The number of rotatable bonds is 3. The fraction of sp³-hybridized carbons (Fsp3) is 0.500. The summed E-state index contributed by atoms with van der Waals surface area (Å²) in [5.74, 6) is -0.747. The number of likely N-dealkylation sites (tertiary alicyclic amines) is 1. The van der Waals surface area contributed by atoms with E-state index in [9.17, 15) is 9.18 Å². The molecule has 1 fully saturated rings. The molecule has 19 heavy (non-hydrogen) atoms. The number of piperidine rings is 1. The summed E-state index contributed by atoms with van der Waals surface area (Å²) in [6, 6.07) is 4.32. The Morgan fingerprint density at radius 2 is 2.26 bits per heavy atom. The molecule has 1 aliphatic heterocycles. The van der Waals surface area contributed by atoms with Crippen molar-refractivity contribution in [3.05, 3.63) is 34.6 Å². The molecule has 1 saturated heterocycles. The van der Waals surface area contributed by atoms with Crippen molar-refractivity contribution in [2.45, 2.75) is 31.7 Å². The molecule has 104 valence electrons. The number of hydrogen-bond donors (Lipinski definition) is 0. The van der Waals surface area contributed by atoms with Gasteiger partial charge >= 0.3 is 0 Å². The van der Waals surface area contributed by atoms with Gasteiger partial charge in [-0.1, -0.05) is 27.5 Å². The molecular weight excluding hydrogens is 333 g/mol. The lowest BCUT2D eigenvalue weighted by molar-refractivity contribution is 0.0605. The first-order valence-electron chi connectivity index (χ1n) is 6.45. The Kier molecular flexibility index (Phi) is 5.22. The molecule has 1 heterocycles. The fourth-order valence-electron chi connectivity index (χ4n) is 2.51. The monoisotopic (exact) mass is 347 g/mol. The van der Waals surface area contributed by atoms with Gasteiger partial charge in [0.15, 0.2) is 0 Å². The van der Waals surface area contributed by atoms with Gasteiger partial charge in [-0.05, 0) is 43.9 Å². The van der Waals surface area contributed by atoms with Crippen molar-refractivity contribution in [2.24, 2.45) is 0 Å². The second kappa shape index (κ2) is 6.71. The highest BCUT2D eigenvalue weighted by atomic mass is 79.9. The largest absolute Gasteiger partial charge is 0.336 e. The fourth-order valence-corrected chi connectivity index (χ4v) is 3.21. The highest BCUT2D eigenvalue weighted by molar-refractivity contribution is 9.09. The maximum absolute atomic E-state index is 13.8. The average Bonchev–Trinajstić information content (AvgIpc) is 2.42.